The van der Waals surface area contributed by atoms with E-state index in [1.54, 1.807) is 4.90 Å². The average Bonchev–Trinajstić information content (AvgIpc) is 2.43. The van der Waals surface area contributed by atoms with Crippen LogP contribution < -0.4 is 10.6 Å². The van der Waals surface area contributed by atoms with Crippen molar-refractivity contribution in [3.8, 4) is 0 Å². The van der Waals surface area contributed by atoms with Crippen molar-refractivity contribution < 1.29 is 9.59 Å². The molecule has 0 aromatic rings. The molecule has 1 aliphatic heterocycles. The summed E-state index contributed by atoms with van der Waals surface area (Å²) < 4.78 is 0. The first-order valence-electron chi connectivity index (χ1n) is 7.42. The highest BCUT2D eigenvalue weighted by Gasteiger charge is 2.31. The Morgan fingerprint density at radius 2 is 2.05 bits per heavy atom. The summed E-state index contributed by atoms with van der Waals surface area (Å²) in [5, 5.41) is 5.99. The number of hydrogen-bond donors (Lipinski definition) is 2. The molecule has 0 aromatic carbocycles. The van der Waals surface area contributed by atoms with Gasteiger partial charge in [0.1, 0.15) is 6.04 Å². The maximum absolute atomic E-state index is 12.2. The summed E-state index contributed by atoms with van der Waals surface area (Å²) in [6.45, 7) is 4.29. The van der Waals surface area contributed by atoms with Crippen LogP contribution in [0, 0.1) is 0 Å². The minimum Gasteiger partial charge on any atom is -0.354 e. The molecule has 1 unspecified atom stereocenters. The maximum Gasteiger partial charge on any atom is 0.242 e. The number of piperidine rings is 1. The third kappa shape index (κ3) is 5.19. The van der Waals surface area contributed by atoms with Crippen LogP contribution >= 0.6 is 0 Å². The summed E-state index contributed by atoms with van der Waals surface area (Å²) in [6, 6.07) is -0.248. The Kier molecular flexibility index (Phi) is 7.48. The van der Waals surface area contributed by atoms with E-state index in [9.17, 15) is 9.59 Å². The van der Waals surface area contributed by atoms with Crippen LogP contribution in [0.15, 0.2) is 0 Å². The van der Waals surface area contributed by atoms with Crippen LogP contribution in [0.3, 0.4) is 0 Å². The molecule has 0 spiro atoms. The zero-order valence-electron chi connectivity index (χ0n) is 12.2. The third-order valence-corrected chi connectivity index (χ3v) is 3.49. The molecule has 0 aromatic heterocycles. The third-order valence-electron chi connectivity index (χ3n) is 3.49. The molecule has 0 radical (unpaired) electrons. The number of hydrogen-bond acceptors (Lipinski definition) is 3. The van der Waals surface area contributed by atoms with Gasteiger partial charge in [0.05, 0.1) is 0 Å². The first-order valence-corrected chi connectivity index (χ1v) is 7.42. The summed E-state index contributed by atoms with van der Waals surface area (Å²) in [5.41, 5.74) is 0. The number of rotatable bonds is 7. The Labute approximate surface area is 116 Å². The molecule has 2 N–H and O–H groups in total. The number of nitrogens with one attached hydrogen (secondary N) is 2. The fraction of sp³-hybridized carbons (Fsp3) is 0.857. The lowest BCUT2D eigenvalue weighted by atomic mass is 10.0. The van der Waals surface area contributed by atoms with E-state index in [0.29, 0.717) is 13.0 Å². The molecule has 0 aliphatic carbocycles. The van der Waals surface area contributed by atoms with Crippen LogP contribution in [0.4, 0.5) is 0 Å². The van der Waals surface area contributed by atoms with E-state index < -0.39 is 0 Å². The van der Waals surface area contributed by atoms with E-state index in [-0.39, 0.29) is 17.9 Å². The molecular weight excluding hydrogens is 242 g/mol. The molecule has 1 saturated heterocycles. The summed E-state index contributed by atoms with van der Waals surface area (Å²) in [7, 11) is 1.90. The smallest absolute Gasteiger partial charge is 0.242 e. The predicted molar refractivity (Wildman–Crippen MR) is 75.8 cm³/mol. The zero-order chi connectivity index (χ0) is 14.1. The van der Waals surface area contributed by atoms with Gasteiger partial charge in [-0.2, -0.15) is 0 Å². The van der Waals surface area contributed by atoms with Crippen molar-refractivity contribution in [3.05, 3.63) is 0 Å². The molecule has 1 rings (SSSR count). The molecule has 1 heterocycles. The Balaban J connectivity index is 2.46. The molecule has 110 valence electrons. The fourth-order valence-corrected chi connectivity index (χ4v) is 2.45. The van der Waals surface area contributed by atoms with Gasteiger partial charge in [0.2, 0.25) is 11.8 Å². The molecule has 0 bridgehead atoms. The molecule has 1 atom stereocenters. The van der Waals surface area contributed by atoms with E-state index in [0.717, 1.165) is 45.2 Å². The summed E-state index contributed by atoms with van der Waals surface area (Å²) >= 11 is 0. The van der Waals surface area contributed by atoms with E-state index in [1.807, 2.05) is 14.0 Å². The van der Waals surface area contributed by atoms with Gasteiger partial charge in [-0.3, -0.25) is 9.59 Å². The number of likely N-dealkylation sites (tertiary alicyclic amines) is 1. The summed E-state index contributed by atoms with van der Waals surface area (Å²) in [5.74, 6) is 0.137. The van der Waals surface area contributed by atoms with Gasteiger partial charge >= 0.3 is 0 Å². The second-order valence-electron chi connectivity index (χ2n) is 5.10. The molecule has 1 fully saturated rings. The molecule has 2 amide bonds. The van der Waals surface area contributed by atoms with Gasteiger partial charge in [-0.25, -0.2) is 0 Å². The second-order valence-corrected chi connectivity index (χ2v) is 5.10. The minimum absolute atomic E-state index is 0.0141. The maximum atomic E-state index is 12.2. The number of carbonyl (C=O) groups excluding carboxylic acids is 2. The first kappa shape index (κ1) is 16.0. The lowest BCUT2D eigenvalue weighted by Gasteiger charge is -2.34. The lowest BCUT2D eigenvalue weighted by molar-refractivity contribution is -0.142. The Morgan fingerprint density at radius 3 is 2.74 bits per heavy atom. The molecular formula is C14H27N3O2. The van der Waals surface area contributed by atoms with E-state index in [4.69, 9.17) is 0 Å². The number of nitrogens with zero attached hydrogens (tertiary/aromatic N) is 1. The SMILES string of the molecule is CCCC(=O)N1CCCCC1C(=O)NCCCNC. The van der Waals surface area contributed by atoms with Gasteiger partial charge in [0, 0.05) is 19.5 Å². The van der Waals surface area contributed by atoms with E-state index in [1.165, 1.54) is 0 Å². The highest BCUT2D eigenvalue weighted by Crippen LogP contribution is 2.18. The Hall–Kier alpha value is -1.10. The Morgan fingerprint density at radius 1 is 1.26 bits per heavy atom. The first-order chi connectivity index (χ1) is 9.20. The molecule has 0 saturated carbocycles. The topological polar surface area (TPSA) is 61.4 Å². The highest BCUT2D eigenvalue weighted by atomic mass is 16.2. The lowest BCUT2D eigenvalue weighted by Crippen LogP contribution is -2.52. The van der Waals surface area contributed by atoms with Crippen LogP contribution in [-0.2, 0) is 9.59 Å². The van der Waals surface area contributed by atoms with Gasteiger partial charge in [0.25, 0.3) is 0 Å². The standard InChI is InChI=1S/C14H27N3O2/c1-3-7-13(18)17-11-5-4-8-12(17)14(19)16-10-6-9-15-2/h12,15H,3-11H2,1-2H3,(H,16,19). The van der Waals surface area contributed by atoms with Crippen molar-refractivity contribution >= 4 is 11.8 Å². The van der Waals surface area contributed by atoms with Crippen LogP contribution in [0.5, 0.6) is 0 Å². The summed E-state index contributed by atoms with van der Waals surface area (Å²) in [6.07, 6.45) is 5.14. The van der Waals surface area contributed by atoms with Gasteiger partial charge in [0.15, 0.2) is 0 Å². The molecule has 1 aliphatic rings. The van der Waals surface area contributed by atoms with E-state index in [2.05, 4.69) is 10.6 Å². The van der Waals surface area contributed by atoms with Gasteiger partial charge in [-0.05, 0) is 45.7 Å². The van der Waals surface area contributed by atoms with Crippen molar-refractivity contribution in [2.45, 2.75) is 51.5 Å². The second kappa shape index (κ2) is 8.91. The van der Waals surface area contributed by atoms with Gasteiger partial charge in [-0.1, -0.05) is 6.92 Å². The van der Waals surface area contributed by atoms with Crippen LogP contribution in [0.25, 0.3) is 0 Å². The van der Waals surface area contributed by atoms with Crippen molar-refractivity contribution in [2.75, 3.05) is 26.7 Å². The molecule has 5 nitrogen and oxygen atoms in total. The van der Waals surface area contributed by atoms with Gasteiger partial charge in [-0.15, -0.1) is 0 Å². The Bertz CT molecular complexity index is 294. The molecule has 19 heavy (non-hydrogen) atoms. The zero-order valence-corrected chi connectivity index (χ0v) is 12.2. The van der Waals surface area contributed by atoms with Crippen molar-refractivity contribution in [1.29, 1.82) is 0 Å². The van der Waals surface area contributed by atoms with Crippen molar-refractivity contribution in [1.82, 2.24) is 15.5 Å². The predicted octanol–water partition coefficient (Wildman–Crippen LogP) is 0.893. The average molecular weight is 269 g/mol. The molecule has 5 heteroatoms. The van der Waals surface area contributed by atoms with Crippen molar-refractivity contribution in [3.63, 3.8) is 0 Å². The summed E-state index contributed by atoms with van der Waals surface area (Å²) in [4.78, 5) is 26.0. The van der Waals surface area contributed by atoms with Crippen LogP contribution in [0.2, 0.25) is 0 Å². The van der Waals surface area contributed by atoms with Crippen LogP contribution in [0.1, 0.15) is 45.4 Å². The quantitative estimate of drug-likeness (QED) is 0.675. The monoisotopic (exact) mass is 269 g/mol. The van der Waals surface area contributed by atoms with Gasteiger partial charge < -0.3 is 15.5 Å². The number of carbonyl (C=O) groups is 2. The van der Waals surface area contributed by atoms with Crippen molar-refractivity contribution in [2.24, 2.45) is 0 Å². The highest BCUT2D eigenvalue weighted by molar-refractivity contribution is 5.87. The van der Waals surface area contributed by atoms with E-state index >= 15 is 0 Å². The van der Waals surface area contributed by atoms with Crippen LogP contribution in [-0.4, -0.2) is 49.4 Å². The fourth-order valence-electron chi connectivity index (χ4n) is 2.45. The largest absolute Gasteiger partial charge is 0.354 e. The minimum atomic E-state index is -0.248. The number of amides is 2. The normalized spacial score (nSPS) is 19.3.